The molecule has 0 atom stereocenters. The Bertz CT molecular complexity index is 1220. The van der Waals surface area contributed by atoms with Crippen molar-refractivity contribution in [2.75, 3.05) is 0 Å². The van der Waals surface area contributed by atoms with Crippen molar-refractivity contribution in [3.63, 3.8) is 0 Å². The van der Waals surface area contributed by atoms with Crippen LogP contribution >= 0.6 is 0 Å². The predicted octanol–water partition coefficient (Wildman–Crippen LogP) is 5.88. The number of aryl methyl sites for hydroxylation is 1. The maximum Gasteiger partial charge on any atom is 0.201 e. The summed E-state index contributed by atoms with van der Waals surface area (Å²) in [5.74, 6) is -2.08. The fraction of sp³-hybridized carbons (Fsp3) is 0.103. The van der Waals surface area contributed by atoms with E-state index in [1.807, 2.05) is 49.4 Å². The molecule has 34 heavy (non-hydrogen) atoms. The van der Waals surface area contributed by atoms with Crippen molar-refractivity contribution in [2.45, 2.75) is 20.8 Å². The van der Waals surface area contributed by atoms with Gasteiger partial charge >= 0.3 is 0 Å². The zero-order valence-corrected chi connectivity index (χ0v) is 19.2. The Labute approximate surface area is 198 Å². The number of rotatable bonds is 4. The van der Waals surface area contributed by atoms with E-state index in [1.54, 1.807) is 30.3 Å². The van der Waals surface area contributed by atoms with Crippen molar-refractivity contribution in [2.24, 2.45) is 0 Å². The molecular formula is C29H26O5. The summed E-state index contributed by atoms with van der Waals surface area (Å²) >= 11 is 0. The van der Waals surface area contributed by atoms with Crippen molar-refractivity contribution >= 4 is 11.6 Å². The number of hydrogen-bond acceptors (Lipinski definition) is 5. The van der Waals surface area contributed by atoms with Gasteiger partial charge in [0.05, 0.1) is 5.56 Å². The fourth-order valence-corrected chi connectivity index (χ4v) is 3.44. The maximum absolute atomic E-state index is 12.3. The summed E-state index contributed by atoms with van der Waals surface area (Å²) < 4.78 is 0. The Kier molecular flexibility index (Phi) is 7.49. The van der Waals surface area contributed by atoms with Gasteiger partial charge in [-0.05, 0) is 49.6 Å². The highest BCUT2D eigenvalue weighted by molar-refractivity contribution is 6.11. The van der Waals surface area contributed by atoms with Crippen LogP contribution in [-0.2, 0) is 0 Å². The summed E-state index contributed by atoms with van der Waals surface area (Å²) in [6.45, 7) is 6.14. The molecule has 0 aliphatic heterocycles. The van der Waals surface area contributed by atoms with E-state index in [1.165, 1.54) is 17.2 Å². The summed E-state index contributed by atoms with van der Waals surface area (Å²) in [4.78, 5) is 24.3. The van der Waals surface area contributed by atoms with Crippen LogP contribution in [0.4, 0.5) is 0 Å². The summed E-state index contributed by atoms with van der Waals surface area (Å²) in [6.07, 6.45) is 0. The third-order valence-corrected chi connectivity index (χ3v) is 5.75. The summed E-state index contributed by atoms with van der Waals surface area (Å²) in [5, 5.41) is 28.1. The van der Waals surface area contributed by atoms with E-state index >= 15 is 0 Å². The van der Waals surface area contributed by atoms with Gasteiger partial charge in [-0.15, -0.1) is 0 Å². The van der Waals surface area contributed by atoms with Crippen molar-refractivity contribution < 1.29 is 24.9 Å². The molecule has 0 unspecified atom stereocenters. The van der Waals surface area contributed by atoms with Gasteiger partial charge in [-0.25, -0.2) is 0 Å². The first-order chi connectivity index (χ1) is 16.2. The smallest absolute Gasteiger partial charge is 0.201 e. The largest absolute Gasteiger partial charge is 0.504 e. The number of carbonyl (C=O) groups excluding carboxylic acids is 2. The molecule has 0 saturated heterocycles. The molecule has 4 aromatic carbocycles. The predicted molar refractivity (Wildman–Crippen MR) is 132 cm³/mol. The molecular weight excluding hydrogens is 428 g/mol. The topological polar surface area (TPSA) is 94.8 Å². The molecule has 3 N–H and O–H groups in total. The molecule has 0 heterocycles. The number of carbonyl (C=O) groups is 2. The lowest BCUT2D eigenvalue weighted by molar-refractivity contribution is 0.102. The molecule has 0 fully saturated rings. The monoisotopic (exact) mass is 454 g/mol. The molecule has 4 aromatic rings. The molecule has 0 aromatic heterocycles. The van der Waals surface area contributed by atoms with Crippen LogP contribution in [-0.4, -0.2) is 26.9 Å². The van der Waals surface area contributed by atoms with Gasteiger partial charge in [-0.2, -0.15) is 0 Å². The number of benzene rings is 4. The fourth-order valence-electron chi connectivity index (χ4n) is 3.44. The molecule has 5 nitrogen and oxygen atoms in total. The van der Waals surface area contributed by atoms with Crippen molar-refractivity contribution in [3.8, 4) is 17.2 Å². The number of aromatic hydroxyl groups is 3. The van der Waals surface area contributed by atoms with E-state index in [0.717, 1.165) is 22.8 Å². The highest BCUT2D eigenvalue weighted by atomic mass is 16.3. The SMILES string of the molecule is Cc1ccc(C(=O)c2ccccc2)c(C)c1C.O=C(c1ccccc1)c1ccc(O)c(O)c1O. The van der Waals surface area contributed by atoms with E-state index in [4.69, 9.17) is 5.11 Å². The van der Waals surface area contributed by atoms with Crippen LogP contribution in [0.15, 0.2) is 84.9 Å². The van der Waals surface area contributed by atoms with Crippen LogP contribution in [0.5, 0.6) is 17.2 Å². The van der Waals surface area contributed by atoms with Crippen LogP contribution in [0.3, 0.4) is 0 Å². The second kappa shape index (κ2) is 10.5. The Morgan fingerprint density at radius 2 is 1.00 bits per heavy atom. The second-order valence-electron chi connectivity index (χ2n) is 7.90. The van der Waals surface area contributed by atoms with Gasteiger partial charge in [0.15, 0.2) is 23.1 Å². The molecule has 0 saturated carbocycles. The van der Waals surface area contributed by atoms with E-state index < -0.39 is 23.0 Å². The normalized spacial score (nSPS) is 10.2. The Hall–Kier alpha value is -4.38. The molecule has 172 valence electrons. The summed E-state index contributed by atoms with van der Waals surface area (Å²) in [6, 6.07) is 24.2. The van der Waals surface area contributed by atoms with Crippen LogP contribution < -0.4 is 0 Å². The lowest BCUT2D eigenvalue weighted by Gasteiger charge is -2.10. The molecule has 0 aliphatic carbocycles. The minimum absolute atomic E-state index is 0.0495. The van der Waals surface area contributed by atoms with Gasteiger partial charge < -0.3 is 15.3 Å². The van der Waals surface area contributed by atoms with E-state index in [2.05, 4.69) is 13.8 Å². The van der Waals surface area contributed by atoms with Gasteiger partial charge in [0.25, 0.3) is 0 Å². The molecule has 0 amide bonds. The van der Waals surface area contributed by atoms with Crippen LogP contribution in [0, 0.1) is 20.8 Å². The summed E-state index contributed by atoms with van der Waals surface area (Å²) in [7, 11) is 0. The standard InChI is InChI=1S/C16H16O.C13H10O4/c1-11-9-10-15(13(3)12(11)2)16(17)14-7-5-4-6-8-14;14-10-7-6-9(12(16)13(10)17)11(15)8-4-2-1-3-5-8/h4-10H,1-3H3;1-7,14,16-17H. The van der Waals surface area contributed by atoms with E-state index in [0.29, 0.717) is 5.56 Å². The average Bonchev–Trinajstić information content (AvgIpc) is 2.87. The lowest BCUT2D eigenvalue weighted by atomic mass is 9.93. The van der Waals surface area contributed by atoms with Gasteiger partial charge in [-0.1, -0.05) is 72.8 Å². The molecule has 0 radical (unpaired) electrons. The quantitative estimate of drug-likeness (QED) is 0.264. The second-order valence-corrected chi connectivity index (χ2v) is 7.90. The van der Waals surface area contributed by atoms with Crippen molar-refractivity contribution in [3.05, 3.63) is 124 Å². The zero-order valence-electron chi connectivity index (χ0n) is 19.2. The highest BCUT2D eigenvalue weighted by Crippen LogP contribution is 2.37. The highest BCUT2D eigenvalue weighted by Gasteiger charge is 2.18. The van der Waals surface area contributed by atoms with Crippen molar-refractivity contribution in [1.82, 2.24) is 0 Å². The Balaban J connectivity index is 0.000000191. The number of hydrogen-bond donors (Lipinski definition) is 3. The van der Waals surface area contributed by atoms with Crippen LogP contribution in [0.25, 0.3) is 0 Å². The molecule has 0 spiro atoms. The first-order valence-corrected chi connectivity index (χ1v) is 10.7. The number of phenols is 3. The van der Waals surface area contributed by atoms with Gasteiger partial charge in [0, 0.05) is 16.7 Å². The third kappa shape index (κ3) is 5.15. The molecule has 4 rings (SSSR count). The summed E-state index contributed by atoms with van der Waals surface area (Å²) in [5.41, 5.74) is 5.41. The molecule has 0 bridgehead atoms. The van der Waals surface area contributed by atoms with Crippen LogP contribution in [0.1, 0.15) is 48.5 Å². The number of phenolic OH excluding ortho intramolecular Hbond substituents is 3. The maximum atomic E-state index is 12.3. The number of ketones is 2. The minimum Gasteiger partial charge on any atom is -0.504 e. The first kappa shape index (κ1) is 24.3. The Morgan fingerprint density at radius 1 is 0.529 bits per heavy atom. The lowest BCUT2D eigenvalue weighted by Crippen LogP contribution is -2.05. The van der Waals surface area contributed by atoms with Gasteiger partial charge in [-0.3, -0.25) is 9.59 Å². The molecule has 0 aliphatic rings. The van der Waals surface area contributed by atoms with Gasteiger partial charge in [0.1, 0.15) is 0 Å². The van der Waals surface area contributed by atoms with E-state index in [9.17, 15) is 19.8 Å². The van der Waals surface area contributed by atoms with E-state index in [-0.39, 0.29) is 11.3 Å². The molecule has 5 heteroatoms. The van der Waals surface area contributed by atoms with Gasteiger partial charge in [0.2, 0.25) is 5.75 Å². The van der Waals surface area contributed by atoms with Crippen molar-refractivity contribution in [1.29, 1.82) is 0 Å². The Morgan fingerprint density at radius 3 is 1.53 bits per heavy atom. The van der Waals surface area contributed by atoms with Crippen LogP contribution in [0.2, 0.25) is 0 Å². The first-order valence-electron chi connectivity index (χ1n) is 10.7. The minimum atomic E-state index is -0.688. The average molecular weight is 455 g/mol. The third-order valence-electron chi connectivity index (χ3n) is 5.75. The zero-order chi connectivity index (χ0) is 24.8.